The first kappa shape index (κ1) is 25.2. The largest absolute Gasteiger partial charge is 0.516 e. The summed E-state index contributed by atoms with van der Waals surface area (Å²) in [5.41, 5.74) is -0.949. The van der Waals surface area contributed by atoms with Gasteiger partial charge in [-0.2, -0.15) is 21.6 Å². The van der Waals surface area contributed by atoms with Gasteiger partial charge in [-0.1, -0.05) is 36.4 Å². The predicted molar refractivity (Wildman–Crippen MR) is 133 cm³/mol. The number of aliphatic hydroxyl groups excluding tert-OH is 1. The molecule has 2 aromatic carbocycles. The van der Waals surface area contributed by atoms with Crippen molar-refractivity contribution in [2.45, 2.75) is 18.0 Å². The Morgan fingerprint density at radius 1 is 1.08 bits per heavy atom. The molecular weight excluding hydrogens is 527 g/mol. The van der Waals surface area contributed by atoms with Crippen LogP contribution in [0.15, 0.2) is 72.5 Å². The topological polar surface area (TPSA) is 101 Å². The average molecular weight is 548 g/mol. The number of aliphatic hydroxyl groups is 1. The van der Waals surface area contributed by atoms with Crippen molar-refractivity contribution in [2.75, 3.05) is 11.3 Å². The second-order valence-electron chi connectivity index (χ2n) is 8.47. The Bertz CT molecular complexity index is 1510. The minimum absolute atomic E-state index is 0.207. The lowest BCUT2D eigenvalue weighted by Crippen LogP contribution is -2.30. The molecule has 37 heavy (non-hydrogen) atoms. The number of rotatable bonds is 6. The molecule has 0 unspecified atom stereocenters. The number of sulfonamides is 1. The Labute approximate surface area is 214 Å². The molecule has 192 valence electrons. The number of nitrogens with one attached hydrogen (secondary N) is 1. The maximum absolute atomic E-state index is 12.9. The van der Waals surface area contributed by atoms with Gasteiger partial charge in [-0.25, -0.2) is 0 Å². The van der Waals surface area contributed by atoms with E-state index in [1.807, 2.05) is 12.1 Å². The highest BCUT2D eigenvalue weighted by atomic mass is 32.2. The van der Waals surface area contributed by atoms with Gasteiger partial charge in [-0.05, 0) is 30.2 Å². The molecule has 2 aromatic heterocycles. The Hall–Kier alpha value is -3.48. The quantitative estimate of drug-likeness (QED) is 0.334. The smallest absolute Gasteiger partial charge is 0.493 e. The number of halogens is 3. The average Bonchev–Trinajstić information content (AvgIpc) is 3.41. The highest BCUT2D eigenvalue weighted by molar-refractivity contribution is 7.93. The summed E-state index contributed by atoms with van der Waals surface area (Å²) in [4.78, 5) is 9.58. The van der Waals surface area contributed by atoms with Gasteiger partial charge in [0, 0.05) is 40.7 Å². The lowest BCUT2D eigenvalue weighted by molar-refractivity contribution is -0.0429. The first-order chi connectivity index (χ1) is 17.6. The lowest BCUT2D eigenvalue weighted by atomic mass is 9.88. The fourth-order valence-electron chi connectivity index (χ4n) is 4.13. The number of para-hydroxylation sites is 1. The summed E-state index contributed by atoms with van der Waals surface area (Å²) in [6.45, 7) is 0.207. The van der Waals surface area contributed by atoms with Crippen molar-refractivity contribution in [1.82, 2.24) is 9.97 Å². The van der Waals surface area contributed by atoms with Gasteiger partial charge in [0.1, 0.15) is 5.75 Å². The fourth-order valence-corrected chi connectivity index (χ4v) is 5.33. The highest BCUT2D eigenvalue weighted by Crippen LogP contribution is 2.41. The number of hydrogen-bond acceptors (Lipinski definition) is 7. The van der Waals surface area contributed by atoms with E-state index in [0.29, 0.717) is 23.3 Å². The first-order valence-corrected chi connectivity index (χ1v) is 13.5. The van der Waals surface area contributed by atoms with Gasteiger partial charge in [-0.15, -0.1) is 11.3 Å². The van der Waals surface area contributed by atoms with E-state index in [2.05, 4.69) is 9.97 Å². The number of fused-ring (bicyclic) bond motifs is 1. The molecular formula is C25H20F3N3O4S2. The molecule has 0 radical (unpaired) electrons. The number of benzene rings is 2. The second kappa shape index (κ2) is 9.77. The summed E-state index contributed by atoms with van der Waals surface area (Å²) in [5, 5.41) is 11.0. The summed E-state index contributed by atoms with van der Waals surface area (Å²) < 4.78 is 69.5. The second-order valence-corrected chi connectivity index (χ2v) is 11.0. The number of nitrogens with zero attached hydrogens (tertiary/aromatic N) is 2. The van der Waals surface area contributed by atoms with Gasteiger partial charge in [0.15, 0.2) is 0 Å². The Morgan fingerprint density at radius 2 is 1.86 bits per heavy atom. The van der Waals surface area contributed by atoms with Crippen LogP contribution in [0.2, 0.25) is 0 Å². The third-order valence-corrected chi connectivity index (χ3v) is 7.95. The summed E-state index contributed by atoms with van der Waals surface area (Å²) in [7, 11) is -5.59. The SMILES string of the molecule is O=S(=O)(Nc1ccccc1-c1ccc2c(c1)OC[C@@H](Cc1ccc(-c3cncs3)cn1)[C@@H]2O)C(F)(F)F. The number of ether oxygens (including phenoxy) is 1. The van der Waals surface area contributed by atoms with Gasteiger partial charge in [0.2, 0.25) is 0 Å². The van der Waals surface area contributed by atoms with Gasteiger partial charge in [0.05, 0.1) is 28.8 Å². The fraction of sp³-hybridized carbons (Fsp3) is 0.200. The number of thiazole rings is 1. The van der Waals surface area contributed by atoms with Crippen LogP contribution in [0.25, 0.3) is 21.6 Å². The molecule has 0 spiro atoms. The van der Waals surface area contributed by atoms with E-state index in [1.54, 1.807) is 46.9 Å². The zero-order chi connectivity index (χ0) is 26.2. The Balaban J connectivity index is 1.35. The number of anilines is 1. The number of aromatic nitrogens is 2. The third kappa shape index (κ3) is 5.17. The molecule has 0 saturated heterocycles. The van der Waals surface area contributed by atoms with Crippen molar-refractivity contribution in [1.29, 1.82) is 0 Å². The molecule has 2 N–H and O–H groups in total. The van der Waals surface area contributed by atoms with Crippen LogP contribution in [0.5, 0.6) is 5.75 Å². The van der Waals surface area contributed by atoms with Gasteiger partial charge < -0.3 is 9.84 Å². The molecule has 4 aromatic rings. The summed E-state index contributed by atoms with van der Waals surface area (Å²) in [6, 6.07) is 14.4. The van der Waals surface area contributed by atoms with E-state index in [9.17, 15) is 26.7 Å². The van der Waals surface area contributed by atoms with E-state index in [1.165, 1.54) is 29.5 Å². The molecule has 2 atom stereocenters. The monoisotopic (exact) mass is 547 g/mol. The maximum atomic E-state index is 12.9. The van der Waals surface area contributed by atoms with E-state index in [0.717, 1.165) is 16.1 Å². The minimum atomic E-state index is -5.59. The van der Waals surface area contributed by atoms with Crippen molar-refractivity contribution in [2.24, 2.45) is 5.92 Å². The molecule has 0 bridgehead atoms. The van der Waals surface area contributed by atoms with Crippen LogP contribution in [0.3, 0.4) is 0 Å². The molecule has 1 aliphatic heterocycles. The maximum Gasteiger partial charge on any atom is 0.516 e. The lowest BCUT2D eigenvalue weighted by Gasteiger charge is -2.30. The summed E-state index contributed by atoms with van der Waals surface area (Å²) in [5.74, 6) is 0.120. The van der Waals surface area contributed by atoms with Crippen molar-refractivity contribution in [3.63, 3.8) is 0 Å². The van der Waals surface area contributed by atoms with Crippen molar-refractivity contribution in [3.8, 4) is 27.3 Å². The van der Waals surface area contributed by atoms with Crippen molar-refractivity contribution < 1.29 is 31.4 Å². The number of alkyl halides is 3. The number of hydrogen-bond donors (Lipinski definition) is 2. The van der Waals surface area contributed by atoms with Gasteiger partial charge >= 0.3 is 15.5 Å². The Kier molecular flexibility index (Phi) is 6.65. The van der Waals surface area contributed by atoms with Gasteiger partial charge in [0.25, 0.3) is 0 Å². The molecule has 0 fully saturated rings. The standard InChI is InChI=1S/C25H20F3N3O4S2/c26-25(27,28)37(33,34)31-21-4-2-1-3-19(21)15-6-8-20-22(10-15)35-13-17(24(20)32)9-18-7-5-16(11-30-18)23-12-29-14-36-23/h1-8,10-12,14,17,24,31-32H,9,13H2/t17-,24+/m1/s1. The van der Waals surface area contributed by atoms with Crippen LogP contribution >= 0.6 is 11.3 Å². The molecule has 5 rings (SSSR count). The summed E-state index contributed by atoms with van der Waals surface area (Å²) >= 11 is 1.52. The van der Waals surface area contributed by atoms with E-state index in [-0.39, 0.29) is 23.8 Å². The minimum Gasteiger partial charge on any atom is -0.493 e. The zero-order valence-electron chi connectivity index (χ0n) is 19.0. The van der Waals surface area contributed by atoms with E-state index < -0.39 is 21.6 Å². The van der Waals surface area contributed by atoms with Crippen LogP contribution in [0, 0.1) is 5.92 Å². The number of pyridine rings is 1. The van der Waals surface area contributed by atoms with E-state index >= 15 is 0 Å². The molecule has 1 aliphatic rings. The Morgan fingerprint density at radius 3 is 2.57 bits per heavy atom. The van der Waals surface area contributed by atoms with Crippen molar-refractivity contribution in [3.05, 3.63) is 83.8 Å². The van der Waals surface area contributed by atoms with Crippen molar-refractivity contribution >= 4 is 27.0 Å². The normalized spacial score (nSPS) is 17.6. The molecule has 12 heteroatoms. The molecule has 0 saturated carbocycles. The van der Waals surface area contributed by atoms with Crippen LogP contribution < -0.4 is 9.46 Å². The van der Waals surface area contributed by atoms with Crippen LogP contribution in [0.1, 0.15) is 17.4 Å². The van der Waals surface area contributed by atoms with E-state index in [4.69, 9.17) is 4.74 Å². The zero-order valence-corrected chi connectivity index (χ0v) is 20.6. The van der Waals surface area contributed by atoms with Gasteiger partial charge in [-0.3, -0.25) is 14.7 Å². The molecule has 0 amide bonds. The molecule has 3 heterocycles. The van der Waals surface area contributed by atoms with Crippen LogP contribution in [-0.2, 0) is 16.4 Å². The summed E-state index contributed by atoms with van der Waals surface area (Å²) in [6.07, 6.45) is 3.17. The predicted octanol–water partition coefficient (Wildman–Crippen LogP) is 5.42. The van der Waals surface area contributed by atoms with Crippen LogP contribution in [0.4, 0.5) is 18.9 Å². The highest BCUT2D eigenvalue weighted by Gasteiger charge is 2.46. The molecule has 0 aliphatic carbocycles. The molecule has 7 nitrogen and oxygen atoms in total. The van der Waals surface area contributed by atoms with Crippen LogP contribution in [-0.4, -0.2) is 35.6 Å². The third-order valence-electron chi connectivity index (χ3n) is 6.03. The first-order valence-electron chi connectivity index (χ1n) is 11.1.